The number of amides is 1. The minimum Gasteiger partial charge on any atom is -0.489 e. The van der Waals surface area contributed by atoms with Gasteiger partial charge in [-0.1, -0.05) is 11.6 Å². The van der Waals surface area contributed by atoms with Gasteiger partial charge in [-0.15, -0.1) is 0 Å². The SMILES string of the molecule is CN(CCCNC(CC#N)COc1c(Cl)c(Br)c(F)c2nc(OC[C@@]34CCCN3C[C@H](F)C4)[nH]c(=O)c12)C(=O)O. The fourth-order valence-electron chi connectivity index (χ4n) is 5.29. The molecule has 3 N–H and O–H groups in total. The lowest BCUT2D eigenvalue weighted by Gasteiger charge is -2.30. The third-order valence-corrected chi connectivity index (χ3v) is 8.69. The summed E-state index contributed by atoms with van der Waals surface area (Å²) in [5.74, 6) is -0.986. The first kappa shape index (κ1) is 30.2. The summed E-state index contributed by atoms with van der Waals surface area (Å²) in [6.07, 6.45) is 0.554. The van der Waals surface area contributed by atoms with Gasteiger partial charge in [0.1, 0.15) is 35.3 Å². The van der Waals surface area contributed by atoms with E-state index in [0.717, 1.165) is 24.3 Å². The predicted octanol–water partition coefficient (Wildman–Crippen LogP) is 3.68. The van der Waals surface area contributed by atoms with Crippen LogP contribution >= 0.6 is 27.5 Å². The van der Waals surface area contributed by atoms with Crippen molar-refractivity contribution in [2.75, 3.05) is 46.4 Å². The van der Waals surface area contributed by atoms with Crippen molar-refractivity contribution in [1.29, 1.82) is 5.26 Å². The second-order valence-electron chi connectivity index (χ2n) is 10.1. The Hall–Kier alpha value is -2.73. The summed E-state index contributed by atoms with van der Waals surface area (Å²) in [5, 5.41) is 20.9. The molecule has 0 aliphatic carbocycles. The van der Waals surface area contributed by atoms with Gasteiger partial charge in [-0.2, -0.15) is 10.2 Å². The molecule has 3 atom stereocenters. The fraction of sp³-hybridized carbons (Fsp3) is 0.600. The topological polar surface area (TPSA) is 144 Å². The summed E-state index contributed by atoms with van der Waals surface area (Å²) in [4.78, 5) is 33.9. The normalized spacial score (nSPS) is 21.2. The first-order valence-corrected chi connectivity index (χ1v) is 14.0. The highest BCUT2D eigenvalue weighted by atomic mass is 79.9. The Kier molecular flexibility index (Phi) is 9.71. The van der Waals surface area contributed by atoms with E-state index in [0.29, 0.717) is 32.5 Å². The van der Waals surface area contributed by atoms with E-state index in [1.165, 1.54) is 7.05 Å². The van der Waals surface area contributed by atoms with E-state index in [9.17, 15) is 19.2 Å². The Balaban J connectivity index is 1.51. The van der Waals surface area contributed by atoms with Crippen LogP contribution in [0, 0.1) is 17.1 Å². The molecule has 40 heavy (non-hydrogen) atoms. The number of nitriles is 1. The van der Waals surface area contributed by atoms with Crippen LogP contribution in [0.4, 0.5) is 13.6 Å². The molecule has 3 heterocycles. The van der Waals surface area contributed by atoms with Gasteiger partial charge in [0, 0.05) is 26.6 Å². The summed E-state index contributed by atoms with van der Waals surface area (Å²) < 4.78 is 40.8. The van der Waals surface area contributed by atoms with Crippen molar-refractivity contribution < 1.29 is 28.2 Å². The molecule has 15 heteroatoms. The maximum absolute atomic E-state index is 15.2. The fourth-order valence-corrected chi connectivity index (χ4v) is 5.89. The second kappa shape index (κ2) is 12.8. The van der Waals surface area contributed by atoms with E-state index in [1.54, 1.807) is 0 Å². The zero-order valence-electron chi connectivity index (χ0n) is 21.8. The Labute approximate surface area is 242 Å². The lowest BCUT2D eigenvalue weighted by molar-refractivity contribution is 0.107. The van der Waals surface area contributed by atoms with Crippen LogP contribution in [0.25, 0.3) is 10.9 Å². The molecule has 2 fully saturated rings. The number of carbonyl (C=O) groups is 1. The van der Waals surface area contributed by atoms with E-state index in [1.807, 2.05) is 6.07 Å². The van der Waals surface area contributed by atoms with E-state index in [2.05, 4.69) is 36.1 Å². The number of nitrogens with zero attached hydrogens (tertiary/aromatic N) is 4. The molecule has 1 amide bonds. The van der Waals surface area contributed by atoms with Gasteiger partial charge >= 0.3 is 6.09 Å². The first-order chi connectivity index (χ1) is 19.1. The van der Waals surface area contributed by atoms with E-state index >= 15 is 4.39 Å². The molecular weight excluding hydrogens is 618 g/mol. The van der Waals surface area contributed by atoms with Crippen LogP contribution < -0.4 is 20.3 Å². The number of ether oxygens (including phenoxy) is 2. The summed E-state index contributed by atoms with van der Waals surface area (Å²) in [6.45, 7) is 1.82. The highest BCUT2D eigenvalue weighted by molar-refractivity contribution is 9.10. The lowest BCUT2D eigenvalue weighted by atomic mass is 9.95. The van der Waals surface area contributed by atoms with Gasteiger partial charge in [-0.3, -0.25) is 14.7 Å². The maximum Gasteiger partial charge on any atom is 0.407 e. The van der Waals surface area contributed by atoms with Crippen molar-refractivity contribution in [3.05, 3.63) is 25.7 Å². The molecule has 4 rings (SSSR count). The van der Waals surface area contributed by atoms with Gasteiger partial charge in [0.2, 0.25) is 0 Å². The van der Waals surface area contributed by atoms with Crippen LogP contribution in [0.3, 0.4) is 0 Å². The van der Waals surface area contributed by atoms with Crippen LogP contribution in [0.15, 0.2) is 9.27 Å². The van der Waals surface area contributed by atoms with Crippen LogP contribution in [0.5, 0.6) is 11.8 Å². The quantitative estimate of drug-likeness (QED) is 0.232. The molecule has 0 bridgehead atoms. The highest BCUT2D eigenvalue weighted by Crippen LogP contribution is 2.42. The van der Waals surface area contributed by atoms with Gasteiger partial charge in [0.05, 0.1) is 28.5 Å². The van der Waals surface area contributed by atoms with E-state index in [-0.39, 0.29) is 51.8 Å². The highest BCUT2D eigenvalue weighted by Gasteiger charge is 2.49. The third-order valence-electron chi connectivity index (χ3n) is 7.35. The predicted molar refractivity (Wildman–Crippen MR) is 146 cm³/mol. The minimum atomic E-state index is -1.04. The van der Waals surface area contributed by atoms with Crippen LogP contribution in [-0.2, 0) is 0 Å². The Bertz CT molecular complexity index is 1360. The monoisotopic (exact) mass is 646 g/mol. The Morgan fingerprint density at radius 3 is 3.00 bits per heavy atom. The number of hydrogen-bond acceptors (Lipinski definition) is 8. The van der Waals surface area contributed by atoms with Crippen LogP contribution in [0.1, 0.15) is 32.1 Å². The van der Waals surface area contributed by atoms with Crippen LogP contribution in [-0.4, -0.2) is 95.2 Å². The number of aromatic nitrogens is 2. The zero-order valence-corrected chi connectivity index (χ0v) is 24.2. The van der Waals surface area contributed by atoms with Gasteiger partial charge in [0.25, 0.3) is 11.6 Å². The molecule has 1 aromatic heterocycles. The average Bonchev–Trinajstić information content (AvgIpc) is 3.44. The number of fused-ring (bicyclic) bond motifs is 2. The number of carboxylic acid groups (broad SMARTS) is 1. The lowest BCUT2D eigenvalue weighted by Crippen LogP contribution is -2.43. The summed E-state index contributed by atoms with van der Waals surface area (Å²) >= 11 is 9.45. The van der Waals surface area contributed by atoms with Crippen molar-refractivity contribution in [3.63, 3.8) is 0 Å². The Morgan fingerprint density at radius 1 is 1.50 bits per heavy atom. The molecule has 2 saturated heterocycles. The standard InChI is InChI=1S/C25H30BrClF2N6O5/c1-34(24(37)38)8-3-7-31-15(4-6-30)12-39-21-16-20(19(29)17(26)18(21)27)32-23(33-22(16)36)40-13-25-5-2-9-35(25)11-14(28)10-25/h14-15,31H,2-5,7-13H2,1H3,(H,37,38)(H,32,33,36)/t14-,15?,25+/m1/s1. The van der Waals surface area contributed by atoms with Gasteiger partial charge < -0.3 is 24.8 Å². The van der Waals surface area contributed by atoms with Crippen molar-refractivity contribution in [2.45, 2.75) is 49.9 Å². The van der Waals surface area contributed by atoms with Gasteiger partial charge in [-0.05, 0) is 48.3 Å². The number of halogens is 4. The number of alkyl halides is 1. The summed E-state index contributed by atoms with van der Waals surface area (Å²) in [6, 6.07) is 1.36. The van der Waals surface area contributed by atoms with Crippen molar-refractivity contribution in [2.24, 2.45) is 0 Å². The third kappa shape index (κ3) is 6.43. The molecule has 1 unspecified atom stereocenters. The molecule has 2 aliphatic heterocycles. The maximum atomic E-state index is 15.2. The molecule has 2 aliphatic rings. The first-order valence-electron chi connectivity index (χ1n) is 12.9. The molecule has 0 saturated carbocycles. The zero-order chi connectivity index (χ0) is 29.0. The number of hydrogen-bond donors (Lipinski definition) is 3. The molecule has 2 aromatic rings. The molecule has 218 valence electrons. The van der Waals surface area contributed by atoms with E-state index in [4.69, 9.17) is 26.2 Å². The molecule has 0 spiro atoms. The molecule has 0 radical (unpaired) electrons. The summed E-state index contributed by atoms with van der Waals surface area (Å²) in [5.41, 5.74) is -1.53. The van der Waals surface area contributed by atoms with E-state index < -0.39 is 35.2 Å². The molecule has 11 nitrogen and oxygen atoms in total. The smallest absolute Gasteiger partial charge is 0.407 e. The largest absolute Gasteiger partial charge is 0.489 e. The van der Waals surface area contributed by atoms with Crippen molar-refractivity contribution >= 4 is 44.5 Å². The second-order valence-corrected chi connectivity index (χ2v) is 11.3. The van der Waals surface area contributed by atoms with Crippen molar-refractivity contribution in [1.82, 2.24) is 25.1 Å². The molecular formula is C25H30BrClF2N6O5. The number of nitrogens with one attached hydrogen (secondary N) is 2. The minimum absolute atomic E-state index is 0.0534. The van der Waals surface area contributed by atoms with Crippen LogP contribution in [0.2, 0.25) is 5.02 Å². The number of rotatable bonds is 12. The Morgan fingerprint density at radius 2 is 2.27 bits per heavy atom. The molecule has 1 aromatic carbocycles. The average molecular weight is 648 g/mol. The number of benzene rings is 1. The van der Waals surface area contributed by atoms with Crippen molar-refractivity contribution in [3.8, 4) is 17.8 Å². The number of H-pyrrole nitrogens is 1. The number of aromatic amines is 1. The van der Waals surface area contributed by atoms with Gasteiger partial charge in [-0.25, -0.2) is 13.6 Å². The summed E-state index contributed by atoms with van der Waals surface area (Å²) in [7, 11) is 1.46. The van der Waals surface area contributed by atoms with Gasteiger partial charge in [0.15, 0.2) is 11.6 Å².